The quantitative estimate of drug-likeness (QED) is 0.757. The van der Waals surface area contributed by atoms with Crippen molar-refractivity contribution < 1.29 is 9.53 Å². The van der Waals surface area contributed by atoms with Gasteiger partial charge in [0.25, 0.3) is 0 Å². The Balaban J connectivity index is 2.21. The predicted octanol–water partition coefficient (Wildman–Crippen LogP) is 0.975. The summed E-state index contributed by atoms with van der Waals surface area (Å²) in [5.74, 6) is 0.822. The maximum Gasteiger partial charge on any atom is 0.245 e. The van der Waals surface area contributed by atoms with Gasteiger partial charge in [-0.1, -0.05) is 6.07 Å². The number of methoxy groups -OCH3 is 1. The van der Waals surface area contributed by atoms with Crippen molar-refractivity contribution in [2.24, 2.45) is 0 Å². The van der Waals surface area contributed by atoms with E-state index in [0.717, 1.165) is 37.4 Å². The van der Waals surface area contributed by atoms with E-state index in [1.807, 2.05) is 24.3 Å². The molecule has 0 aliphatic carbocycles. The number of ether oxygens (including phenoxy) is 1. The smallest absolute Gasteiger partial charge is 0.245 e. The third-order valence-corrected chi connectivity index (χ3v) is 3.57. The third kappa shape index (κ3) is 2.98. The molecule has 5 nitrogen and oxygen atoms in total. The Bertz CT molecular complexity index is 442. The van der Waals surface area contributed by atoms with Gasteiger partial charge in [0, 0.05) is 18.8 Å². The Hall–Kier alpha value is -1.75. The number of carbonyl (C=O) groups is 1. The average molecular weight is 263 g/mol. The SMILES string of the molecule is CNC(=O)C1(Nc2cccc(OC)c2)CCNCC1. The first kappa shape index (κ1) is 13.7. The van der Waals surface area contributed by atoms with Crippen molar-refractivity contribution >= 4 is 11.6 Å². The normalized spacial score (nSPS) is 17.6. The largest absolute Gasteiger partial charge is 0.497 e. The molecule has 1 fully saturated rings. The van der Waals surface area contributed by atoms with E-state index in [1.165, 1.54) is 0 Å². The van der Waals surface area contributed by atoms with E-state index in [-0.39, 0.29) is 5.91 Å². The zero-order chi connectivity index (χ0) is 13.7. The number of anilines is 1. The van der Waals surface area contributed by atoms with Crippen LogP contribution < -0.4 is 20.7 Å². The average Bonchev–Trinajstić information content (AvgIpc) is 2.47. The Morgan fingerprint density at radius 1 is 1.37 bits per heavy atom. The summed E-state index contributed by atoms with van der Waals surface area (Å²) in [6.45, 7) is 1.68. The lowest BCUT2D eigenvalue weighted by Crippen LogP contribution is -2.57. The van der Waals surface area contributed by atoms with E-state index in [2.05, 4.69) is 16.0 Å². The summed E-state index contributed by atoms with van der Waals surface area (Å²) in [4.78, 5) is 12.2. The molecule has 5 heteroatoms. The van der Waals surface area contributed by atoms with Crippen LogP contribution in [0, 0.1) is 0 Å². The molecular formula is C14H21N3O2. The number of hydrogen-bond acceptors (Lipinski definition) is 4. The number of benzene rings is 1. The van der Waals surface area contributed by atoms with Crippen LogP contribution in [0.5, 0.6) is 5.75 Å². The lowest BCUT2D eigenvalue weighted by atomic mass is 9.87. The van der Waals surface area contributed by atoms with Gasteiger partial charge in [-0.2, -0.15) is 0 Å². The molecule has 1 aliphatic heterocycles. The zero-order valence-electron chi connectivity index (χ0n) is 11.5. The van der Waals surface area contributed by atoms with Crippen LogP contribution in [0.4, 0.5) is 5.69 Å². The lowest BCUT2D eigenvalue weighted by Gasteiger charge is -2.37. The van der Waals surface area contributed by atoms with Gasteiger partial charge in [-0.15, -0.1) is 0 Å². The number of hydrogen-bond donors (Lipinski definition) is 3. The van der Waals surface area contributed by atoms with Crippen molar-refractivity contribution in [1.82, 2.24) is 10.6 Å². The predicted molar refractivity (Wildman–Crippen MR) is 75.5 cm³/mol. The number of amides is 1. The van der Waals surface area contributed by atoms with Crippen LogP contribution in [0.3, 0.4) is 0 Å². The molecule has 1 aliphatic rings. The summed E-state index contributed by atoms with van der Waals surface area (Å²) in [5, 5.41) is 9.43. The van der Waals surface area contributed by atoms with Crippen molar-refractivity contribution in [1.29, 1.82) is 0 Å². The van der Waals surface area contributed by atoms with Crippen molar-refractivity contribution in [2.75, 3.05) is 32.6 Å². The number of rotatable bonds is 4. The number of likely N-dealkylation sites (N-methyl/N-ethyl adjacent to an activating group) is 1. The van der Waals surface area contributed by atoms with Crippen LogP contribution in [0.15, 0.2) is 24.3 Å². The van der Waals surface area contributed by atoms with Crippen LogP contribution in [-0.4, -0.2) is 38.7 Å². The summed E-state index contributed by atoms with van der Waals surface area (Å²) in [5.41, 5.74) is 0.372. The van der Waals surface area contributed by atoms with Gasteiger partial charge in [0.15, 0.2) is 0 Å². The standard InChI is InChI=1S/C14H21N3O2/c1-15-13(18)14(6-8-16-9-7-14)17-11-4-3-5-12(10-11)19-2/h3-5,10,16-17H,6-9H2,1-2H3,(H,15,18). The van der Waals surface area contributed by atoms with Crippen molar-refractivity contribution in [2.45, 2.75) is 18.4 Å². The highest BCUT2D eigenvalue weighted by Crippen LogP contribution is 2.26. The van der Waals surface area contributed by atoms with Gasteiger partial charge in [0.05, 0.1) is 7.11 Å². The molecule has 1 heterocycles. The monoisotopic (exact) mass is 263 g/mol. The molecule has 0 unspecified atom stereocenters. The summed E-state index contributed by atoms with van der Waals surface area (Å²) < 4.78 is 5.21. The van der Waals surface area contributed by atoms with E-state index in [4.69, 9.17) is 4.74 Å². The molecule has 104 valence electrons. The first-order valence-electron chi connectivity index (χ1n) is 6.55. The van der Waals surface area contributed by atoms with Gasteiger partial charge in [-0.3, -0.25) is 4.79 Å². The fraction of sp³-hybridized carbons (Fsp3) is 0.500. The highest BCUT2D eigenvalue weighted by molar-refractivity contribution is 5.89. The molecule has 0 saturated carbocycles. The second-order valence-electron chi connectivity index (χ2n) is 4.77. The maximum absolute atomic E-state index is 12.2. The highest BCUT2D eigenvalue weighted by Gasteiger charge is 2.38. The molecule has 19 heavy (non-hydrogen) atoms. The van der Waals surface area contributed by atoms with Crippen LogP contribution in [0.2, 0.25) is 0 Å². The third-order valence-electron chi connectivity index (χ3n) is 3.57. The van der Waals surface area contributed by atoms with E-state index in [9.17, 15) is 4.79 Å². The fourth-order valence-electron chi connectivity index (χ4n) is 2.48. The van der Waals surface area contributed by atoms with E-state index >= 15 is 0 Å². The number of piperidine rings is 1. The molecule has 0 bridgehead atoms. The summed E-state index contributed by atoms with van der Waals surface area (Å²) in [7, 11) is 3.32. The topological polar surface area (TPSA) is 62.4 Å². The van der Waals surface area contributed by atoms with Crippen LogP contribution in [0.25, 0.3) is 0 Å². The molecule has 1 amide bonds. The van der Waals surface area contributed by atoms with Crippen LogP contribution >= 0.6 is 0 Å². The summed E-state index contributed by atoms with van der Waals surface area (Å²) in [6, 6.07) is 7.67. The van der Waals surface area contributed by atoms with Crippen LogP contribution in [0.1, 0.15) is 12.8 Å². The number of carbonyl (C=O) groups excluding carboxylic acids is 1. The lowest BCUT2D eigenvalue weighted by molar-refractivity contribution is -0.125. The first-order chi connectivity index (χ1) is 9.20. The molecule has 3 N–H and O–H groups in total. The molecule has 0 atom stereocenters. The second-order valence-corrected chi connectivity index (χ2v) is 4.77. The van der Waals surface area contributed by atoms with Gasteiger partial charge in [-0.25, -0.2) is 0 Å². The van der Waals surface area contributed by atoms with Gasteiger partial charge in [0.1, 0.15) is 11.3 Å². The molecule has 1 saturated heterocycles. The van der Waals surface area contributed by atoms with Gasteiger partial charge >= 0.3 is 0 Å². The Labute approximate surface area is 113 Å². The van der Waals surface area contributed by atoms with Crippen LogP contribution in [-0.2, 0) is 4.79 Å². The number of nitrogens with one attached hydrogen (secondary N) is 3. The zero-order valence-corrected chi connectivity index (χ0v) is 11.5. The molecule has 0 spiro atoms. The highest BCUT2D eigenvalue weighted by atomic mass is 16.5. The van der Waals surface area contributed by atoms with E-state index in [0.29, 0.717) is 0 Å². The molecule has 1 aromatic rings. The van der Waals surface area contributed by atoms with Gasteiger partial charge < -0.3 is 20.7 Å². The minimum absolute atomic E-state index is 0.0387. The van der Waals surface area contributed by atoms with Gasteiger partial charge in [0.2, 0.25) is 5.91 Å². The minimum Gasteiger partial charge on any atom is -0.497 e. The summed E-state index contributed by atoms with van der Waals surface area (Å²) in [6.07, 6.45) is 1.54. The summed E-state index contributed by atoms with van der Waals surface area (Å²) >= 11 is 0. The van der Waals surface area contributed by atoms with Gasteiger partial charge in [-0.05, 0) is 38.1 Å². The minimum atomic E-state index is -0.535. The molecule has 0 radical (unpaired) electrons. The van der Waals surface area contributed by atoms with Crippen molar-refractivity contribution in [3.63, 3.8) is 0 Å². The van der Waals surface area contributed by atoms with E-state index in [1.54, 1.807) is 14.2 Å². The second kappa shape index (κ2) is 5.93. The molecule has 1 aromatic carbocycles. The fourth-order valence-corrected chi connectivity index (χ4v) is 2.48. The Morgan fingerprint density at radius 2 is 2.11 bits per heavy atom. The van der Waals surface area contributed by atoms with E-state index < -0.39 is 5.54 Å². The Morgan fingerprint density at radius 3 is 2.74 bits per heavy atom. The van der Waals surface area contributed by atoms with Crippen molar-refractivity contribution in [3.05, 3.63) is 24.3 Å². The molecule has 0 aromatic heterocycles. The molecular weight excluding hydrogens is 242 g/mol. The first-order valence-corrected chi connectivity index (χ1v) is 6.55. The maximum atomic E-state index is 12.2. The van der Waals surface area contributed by atoms with Crippen molar-refractivity contribution in [3.8, 4) is 5.75 Å². The molecule has 2 rings (SSSR count). The Kier molecular flexibility index (Phi) is 4.27.